The van der Waals surface area contributed by atoms with Gasteiger partial charge in [0.25, 0.3) is 0 Å². The normalized spacial score (nSPS) is 12.7. The first-order valence-electron chi connectivity index (χ1n) is 35.2. The zero-order chi connectivity index (χ0) is 73.4. The van der Waals surface area contributed by atoms with E-state index in [1.165, 1.54) is 0 Å². The molecular formula is C80H84N6O12. The molecule has 12 rings (SSSR count). The fourth-order valence-electron chi connectivity index (χ4n) is 10.9. The second-order valence-corrected chi connectivity index (χ2v) is 23.7. The van der Waals surface area contributed by atoms with E-state index in [0.29, 0.717) is 90.3 Å². The molecule has 506 valence electrons. The van der Waals surface area contributed by atoms with Crippen molar-refractivity contribution in [3.05, 3.63) is 240 Å². The molecule has 0 saturated carbocycles. The first-order valence-corrected chi connectivity index (χ1v) is 32.7. The highest BCUT2D eigenvalue weighted by atomic mass is 16.5. The van der Waals surface area contributed by atoms with Gasteiger partial charge in [-0.2, -0.15) is 0 Å². The van der Waals surface area contributed by atoms with Gasteiger partial charge in [-0.1, -0.05) is 84.4 Å². The number of unbranched alkanes of at least 4 members (excludes halogenated alkanes) is 4. The number of nitrogens with zero attached hydrogens (tertiary/aromatic N) is 6. The van der Waals surface area contributed by atoms with Crippen LogP contribution in [0.1, 0.15) is 123 Å². The van der Waals surface area contributed by atoms with Gasteiger partial charge in [-0.15, -0.1) is 0 Å². The number of fused-ring (bicyclic) bond motifs is 2. The summed E-state index contributed by atoms with van der Waals surface area (Å²) in [4.78, 5) is 45.8. The summed E-state index contributed by atoms with van der Waals surface area (Å²) in [5.74, 6) is 3.30. The highest BCUT2D eigenvalue weighted by Crippen LogP contribution is 2.33. The number of aliphatic carboxylic acids is 3. The van der Waals surface area contributed by atoms with E-state index in [0.717, 1.165) is 103 Å². The molecule has 0 fully saturated rings. The molecule has 0 aliphatic carbocycles. The van der Waals surface area contributed by atoms with Crippen molar-refractivity contribution in [3.63, 3.8) is 0 Å². The minimum Gasteiger partial charge on any atom is -0.493 e. The topological polar surface area (TPSA) is 232 Å². The summed E-state index contributed by atoms with van der Waals surface area (Å²) < 4.78 is 85.2. The lowest BCUT2D eigenvalue weighted by molar-refractivity contribution is -0.138. The number of benzene rings is 6. The van der Waals surface area contributed by atoms with E-state index < -0.39 is 37.4 Å². The third-order valence-corrected chi connectivity index (χ3v) is 16.0. The zero-order valence-electron chi connectivity index (χ0n) is 60.9. The Kier molecular flexibility index (Phi) is 21.8. The van der Waals surface area contributed by atoms with Gasteiger partial charge in [-0.3, -0.25) is 14.4 Å². The molecule has 0 radical (unpaired) electrons. The van der Waals surface area contributed by atoms with Gasteiger partial charge in [0.2, 0.25) is 0 Å². The number of allylic oxidation sites excluding steroid dienone is 1. The van der Waals surface area contributed by atoms with Crippen LogP contribution in [0.4, 0.5) is 0 Å². The fourth-order valence-corrected chi connectivity index (χ4v) is 10.9. The number of imidazole rings is 3. The Balaban J connectivity index is 0.000000166. The maximum absolute atomic E-state index is 10.8. The van der Waals surface area contributed by atoms with Crippen molar-refractivity contribution in [1.29, 1.82) is 0 Å². The molecule has 6 heterocycles. The van der Waals surface area contributed by atoms with Gasteiger partial charge in [-0.25, -0.2) is 15.0 Å². The van der Waals surface area contributed by atoms with Crippen LogP contribution < -0.4 is 14.2 Å². The van der Waals surface area contributed by atoms with E-state index >= 15 is 0 Å². The molecule has 3 N–H and O–H groups in total. The Morgan fingerprint density at radius 1 is 0.469 bits per heavy atom. The molecule has 1 unspecified atom stereocenters. The standard InChI is InChI=1S/C28H28N2O4.2C26H28N2O4/c1-20(9-14-27(31)32)15-17-34-26-7-4-3-6-24(26)19-30-21(2)18-29-28(30)23-12-10-22(11-13-23)25-8-5-16-33-25;2*1-18-16-27-26(20-11-12-24-22(15-20)14-19(2)32-24)28(18)17-21-8-5-6-9-23(21)31-13-7-3-4-10-25(29)30/h3-8,10-13,15-16,18H,9,14,17,19H2,1-2H3,(H,31,32);2*5-6,8-9,11-12,14-16H,3-4,7,10,13,17H2,1-2H3,(H,29,30)/b20-15+;;/i19D2;17D2;17D. The summed E-state index contributed by atoms with van der Waals surface area (Å²) in [6.07, 6.45) is 13.6. The van der Waals surface area contributed by atoms with E-state index in [-0.39, 0.29) is 25.9 Å². The lowest BCUT2D eigenvalue weighted by Crippen LogP contribution is -2.07. The summed E-state index contributed by atoms with van der Waals surface area (Å²) in [5, 5.41) is 28.3. The highest BCUT2D eigenvalue weighted by molar-refractivity contribution is 5.84. The van der Waals surface area contributed by atoms with Gasteiger partial charge in [0.15, 0.2) is 0 Å². The lowest BCUT2D eigenvalue weighted by Gasteiger charge is -2.15. The molecule has 6 aromatic carbocycles. The van der Waals surface area contributed by atoms with Gasteiger partial charge in [0, 0.05) is 105 Å². The summed E-state index contributed by atoms with van der Waals surface area (Å²) in [6.45, 7) is 7.76. The molecular weight excluding hydrogens is 1240 g/mol. The molecule has 0 spiro atoms. The van der Waals surface area contributed by atoms with Gasteiger partial charge in [-0.05, 0) is 171 Å². The van der Waals surface area contributed by atoms with Crippen LogP contribution in [-0.2, 0) is 33.9 Å². The Bertz CT molecular complexity index is 4890. The molecule has 6 aromatic heterocycles. The van der Waals surface area contributed by atoms with Crippen LogP contribution in [0, 0.1) is 34.6 Å². The SMILES string of the molecule is [2H]C([2H])(c1ccccc1OC/C=C(\C)CCC(=O)O)n1c(C)cnc1-c1ccc(-c2ccco2)cc1.[2H]C([2H])(c1ccccc1OCCCCCC(=O)O)n1c(C)cnc1-c1ccc2oc(C)cc2c1.[2H]C(c1ccccc1OCCCCCC(=O)O)n1c(C)cnc1-c1ccc2oc(C)cc2c1. The van der Waals surface area contributed by atoms with Crippen LogP contribution >= 0.6 is 0 Å². The number of carboxylic acids is 3. The minimum atomic E-state index is -1.95. The van der Waals surface area contributed by atoms with Crippen LogP contribution in [-0.4, -0.2) is 81.7 Å². The number of para-hydroxylation sites is 3. The van der Waals surface area contributed by atoms with Gasteiger partial charge >= 0.3 is 17.9 Å². The second kappa shape index (κ2) is 34.0. The summed E-state index contributed by atoms with van der Waals surface area (Å²) in [6, 6.07) is 48.7. The molecule has 98 heavy (non-hydrogen) atoms. The molecule has 0 saturated heterocycles. The van der Waals surface area contributed by atoms with E-state index in [9.17, 15) is 14.4 Å². The molecule has 18 nitrogen and oxygen atoms in total. The highest BCUT2D eigenvalue weighted by Gasteiger charge is 2.18. The van der Waals surface area contributed by atoms with Crippen molar-refractivity contribution < 1.29 is 64.0 Å². The maximum atomic E-state index is 10.8. The number of carboxylic acid groups (broad SMARTS) is 3. The molecule has 0 amide bonds. The number of ether oxygens (including phenoxy) is 3. The Morgan fingerprint density at radius 3 is 1.41 bits per heavy atom. The second-order valence-electron chi connectivity index (χ2n) is 23.7. The van der Waals surface area contributed by atoms with E-state index in [1.54, 1.807) is 76.5 Å². The zero-order valence-corrected chi connectivity index (χ0v) is 55.9. The van der Waals surface area contributed by atoms with Gasteiger partial charge in [0.05, 0.1) is 45.8 Å². The lowest BCUT2D eigenvalue weighted by atomic mass is 10.1. The van der Waals surface area contributed by atoms with Crippen LogP contribution in [0.15, 0.2) is 207 Å². The first kappa shape index (κ1) is 62.9. The number of hydrogen-bond donors (Lipinski definition) is 3. The predicted molar refractivity (Wildman–Crippen MR) is 380 cm³/mol. The maximum Gasteiger partial charge on any atom is 0.303 e. The Labute approximate surface area is 577 Å². The third kappa shape index (κ3) is 19.1. The molecule has 12 aromatic rings. The Morgan fingerprint density at radius 2 is 0.908 bits per heavy atom. The first-order chi connectivity index (χ1) is 49.5. The van der Waals surface area contributed by atoms with Crippen molar-refractivity contribution in [2.45, 2.75) is 125 Å². The summed E-state index contributed by atoms with van der Waals surface area (Å²) in [7, 11) is 0. The van der Waals surface area contributed by atoms with Crippen molar-refractivity contribution in [2.24, 2.45) is 0 Å². The summed E-state index contributed by atoms with van der Waals surface area (Å²) >= 11 is 0. The molecule has 1 atom stereocenters. The average molecular weight is 1330 g/mol. The number of aromatic nitrogens is 6. The van der Waals surface area contributed by atoms with E-state index in [4.69, 9.17) is 49.6 Å². The van der Waals surface area contributed by atoms with E-state index in [2.05, 4.69) is 15.0 Å². The van der Waals surface area contributed by atoms with Crippen LogP contribution in [0.2, 0.25) is 0 Å². The monoisotopic (exact) mass is 1330 g/mol. The molecule has 0 aliphatic heterocycles. The smallest absolute Gasteiger partial charge is 0.303 e. The van der Waals surface area contributed by atoms with Crippen molar-refractivity contribution >= 4 is 39.8 Å². The number of aryl methyl sites for hydroxylation is 5. The van der Waals surface area contributed by atoms with Crippen LogP contribution in [0.5, 0.6) is 17.2 Å². The van der Waals surface area contributed by atoms with E-state index in [1.807, 2.05) is 167 Å². The van der Waals surface area contributed by atoms with Crippen molar-refractivity contribution in [3.8, 4) is 62.7 Å². The predicted octanol–water partition coefficient (Wildman–Crippen LogP) is 18.3. The van der Waals surface area contributed by atoms with Crippen LogP contribution in [0.3, 0.4) is 0 Å². The minimum absolute atomic E-state index is 0.0621. The molecule has 18 heteroatoms. The molecule has 0 aliphatic rings. The van der Waals surface area contributed by atoms with Gasteiger partial charge in [0.1, 0.15) is 69.8 Å². The average Bonchev–Trinajstić information content (AvgIpc) is 1.70. The number of hydrogen-bond acceptors (Lipinski definition) is 12. The third-order valence-electron chi connectivity index (χ3n) is 16.0. The van der Waals surface area contributed by atoms with Crippen molar-refractivity contribution in [2.75, 3.05) is 19.8 Å². The van der Waals surface area contributed by atoms with Crippen molar-refractivity contribution in [1.82, 2.24) is 28.7 Å². The quantitative estimate of drug-likeness (QED) is 0.0281. The number of carbonyl (C=O) groups is 3. The largest absolute Gasteiger partial charge is 0.493 e. The Hall–Kier alpha value is -11.1. The summed E-state index contributed by atoms with van der Waals surface area (Å²) in [5.41, 5.74) is 9.70. The molecule has 0 bridgehead atoms. The number of rotatable bonds is 30. The van der Waals surface area contributed by atoms with Gasteiger partial charge < -0.3 is 56.5 Å². The van der Waals surface area contributed by atoms with Crippen LogP contribution in [0.25, 0.3) is 67.4 Å². The fraction of sp³-hybridized carbons (Fsp3) is 0.275. The number of furan rings is 3.